The first-order valence-corrected chi connectivity index (χ1v) is 5.93. The molecule has 2 aromatic carbocycles. The fourth-order valence-electron chi connectivity index (χ4n) is 1.77. The van der Waals surface area contributed by atoms with E-state index in [2.05, 4.69) is 5.32 Å². The lowest BCUT2D eigenvalue weighted by Gasteiger charge is -2.11. The van der Waals surface area contributed by atoms with E-state index in [1.807, 2.05) is 0 Å². The van der Waals surface area contributed by atoms with E-state index in [1.54, 1.807) is 36.4 Å². The average Bonchev–Trinajstić information content (AvgIpc) is 2.46. The fourth-order valence-corrected chi connectivity index (χ4v) is 1.77. The summed E-state index contributed by atoms with van der Waals surface area (Å²) >= 11 is 0. The number of halogens is 3. The zero-order valence-corrected chi connectivity index (χ0v) is 10.6. The number of hydrogen-bond donors (Lipinski definition) is 1. The minimum absolute atomic E-state index is 0.257. The van der Waals surface area contributed by atoms with Crippen LogP contribution < -0.4 is 5.32 Å². The zero-order valence-electron chi connectivity index (χ0n) is 10.6. The van der Waals surface area contributed by atoms with Gasteiger partial charge < -0.3 is 5.32 Å². The van der Waals surface area contributed by atoms with Gasteiger partial charge in [-0.25, -0.2) is 13.2 Å². The standard InChI is InChI=1S/C15H9F3N2O/c16-12-6-10(7-13(17)14(12)18)20-15(21)11(8-19)9-4-2-1-3-5-9/h1-7,11H,(H,20,21). The maximum Gasteiger partial charge on any atom is 0.246 e. The number of rotatable bonds is 3. The summed E-state index contributed by atoms with van der Waals surface area (Å²) in [5.41, 5.74) is 0.188. The third kappa shape index (κ3) is 3.20. The van der Waals surface area contributed by atoms with Crippen LogP contribution in [-0.2, 0) is 4.79 Å². The summed E-state index contributed by atoms with van der Waals surface area (Å²) in [6.07, 6.45) is 0. The molecular formula is C15H9F3N2O. The summed E-state index contributed by atoms with van der Waals surface area (Å²) in [4.78, 5) is 12.0. The number of amides is 1. The van der Waals surface area contributed by atoms with Crippen LogP contribution >= 0.6 is 0 Å². The number of carbonyl (C=O) groups is 1. The summed E-state index contributed by atoms with van der Waals surface area (Å²) in [5.74, 6) is -6.35. The Balaban J connectivity index is 2.23. The highest BCUT2D eigenvalue weighted by Crippen LogP contribution is 2.20. The van der Waals surface area contributed by atoms with Crippen molar-refractivity contribution in [3.05, 3.63) is 65.5 Å². The van der Waals surface area contributed by atoms with E-state index in [-0.39, 0.29) is 5.69 Å². The van der Waals surface area contributed by atoms with Crippen LogP contribution in [-0.4, -0.2) is 5.91 Å². The Morgan fingerprint density at radius 3 is 2.19 bits per heavy atom. The van der Waals surface area contributed by atoms with Gasteiger partial charge in [0, 0.05) is 17.8 Å². The molecule has 0 bridgehead atoms. The topological polar surface area (TPSA) is 52.9 Å². The number of nitrogens with zero attached hydrogens (tertiary/aromatic N) is 1. The van der Waals surface area contributed by atoms with Crippen molar-refractivity contribution >= 4 is 11.6 Å². The predicted molar refractivity (Wildman–Crippen MR) is 69.7 cm³/mol. The van der Waals surface area contributed by atoms with Crippen molar-refractivity contribution in [1.29, 1.82) is 5.26 Å². The quantitative estimate of drug-likeness (QED) is 0.881. The van der Waals surface area contributed by atoms with Gasteiger partial charge in [-0.15, -0.1) is 0 Å². The van der Waals surface area contributed by atoms with Crippen molar-refractivity contribution in [1.82, 2.24) is 0 Å². The van der Waals surface area contributed by atoms with Gasteiger partial charge in [-0.1, -0.05) is 30.3 Å². The van der Waals surface area contributed by atoms with E-state index in [9.17, 15) is 18.0 Å². The molecule has 0 spiro atoms. The van der Waals surface area contributed by atoms with E-state index >= 15 is 0 Å². The third-order valence-electron chi connectivity index (χ3n) is 2.78. The molecule has 0 radical (unpaired) electrons. The summed E-state index contributed by atoms with van der Waals surface area (Å²) in [5, 5.41) is 11.3. The lowest BCUT2D eigenvalue weighted by atomic mass is 10.00. The number of hydrogen-bond acceptors (Lipinski definition) is 2. The van der Waals surface area contributed by atoms with E-state index in [1.165, 1.54) is 0 Å². The van der Waals surface area contributed by atoms with Crippen LogP contribution in [0.5, 0.6) is 0 Å². The van der Waals surface area contributed by atoms with Crippen LogP contribution in [0.15, 0.2) is 42.5 Å². The maximum atomic E-state index is 13.1. The summed E-state index contributed by atoms with van der Waals surface area (Å²) in [6, 6.07) is 11.3. The van der Waals surface area contributed by atoms with Gasteiger partial charge in [0.15, 0.2) is 23.4 Å². The Bertz CT molecular complexity index is 688. The first-order chi connectivity index (χ1) is 10.0. The minimum atomic E-state index is -1.62. The molecule has 6 heteroatoms. The monoisotopic (exact) mass is 290 g/mol. The Morgan fingerprint density at radius 2 is 1.67 bits per heavy atom. The average molecular weight is 290 g/mol. The molecule has 21 heavy (non-hydrogen) atoms. The second-order valence-corrected chi connectivity index (χ2v) is 4.22. The number of anilines is 1. The molecule has 2 rings (SSSR count). The van der Waals surface area contributed by atoms with Crippen LogP contribution in [0.1, 0.15) is 11.5 Å². The van der Waals surface area contributed by atoms with Gasteiger partial charge in [0.2, 0.25) is 5.91 Å². The first kappa shape index (κ1) is 14.6. The van der Waals surface area contributed by atoms with E-state index in [0.29, 0.717) is 17.7 Å². The summed E-state index contributed by atoms with van der Waals surface area (Å²) in [6.45, 7) is 0. The number of carbonyl (C=O) groups excluding carboxylic acids is 1. The highest BCUT2D eigenvalue weighted by Gasteiger charge is 2.21. The second-order valence-electron chi connectivity index (χ2n) is 4.22. The number of benzene rings is 2. The molecule has 1 amide bonds. The Kier molecular flexibility index (Phi) is 4.24. The van der Waals surface area contributed by atoms with Crippen molar-refractivity contribution in [2.75, 3.05) is 5.32 Å². The van der Waals surface area contributed by atoms with Crippen molar-refractivity contribution < 1.29 is 18.0 Å². The summed E-state index contributed by atoms with van der Waals surface area (Å²) in [7, 11) is 0. The lowest BCUT2D eigenvalue weighted by Crippen LogP contribution is -2.20. The van der Waals surface area contributed by atoms with Crippen LogP contribution in [0.25, 0.3) is 0 Å². The van der Waals surface area contributed by atoms with Gasteiger partial charge in [-0.3, -0.25) is 4.79 Å². The molecule has 0 aliphatic carbocycles. The van der Waals surface area contributed by atoms with Crippen molar-refractivity contribution in [3.8, 4) is 6.07 Å². The van der Waals surface area contributed by atoms with E-state index in [4.69, 9.17) is 5.26 Å². The van der Waals surface area contributed by atoms with Gasteiger partial charge in [0.05, 0.1) is 6.07 Å². The molecule has 0 aromatic heterocycles. The molecule has 0 fully saturated rings. The molecule has 0 heterocycles. The van der Waals surface area contributed by atoms with Crippen molar-refractivity contribution in [3.63, 3.8) is 0 Å². The first-order valence-electron chi connectivity index (χ1n) is 5.93. The highest BCUT2D eigenvalue weighted by atomic mass is 19.2. The molecule has 3 nitrogen and oxygen atoms in total. The molecule has 1 N–H and O–H groups in total. The normalized spacial score (nSPS) is 11.5. The molecule has 106 valence electrons. The molecular weight excluding hydrogens is 281 g/mol. The fraction of sp³-hybridized carbons (Fsp3) is 0.0667. The third-order valence-corrected chi connectivity index (χ3v) is 2.78. The zero-order chi connectivity index (χ0) is 15.4. The molecule has 1 atom stereocenters. The largest absolute Gasteiger partial charge is 0.324 e. The van der Waals surface area contributed by atoms with Crippen LogP contribution in [0, 0.1) is 28.8 Å². The number of nitrogens with one attached hydrogen (secondary N) is 1. The molecule has 0 saturated heterocycles. The molecule has 1 unspecified atom stereocenters. The highest BCUT2D eigenvalue weighted by molar-refractivity contribution is 5.97. The second kappa shape index (κ2) is 6.09. The van der Waals surface area contributed by atoms with Gasteiger partial charge in [-0.2, -0.15) is 5.26 Å². The SMILES string of the molecule is N#CC(C(=O)Nc1cc(F)c(F)c(F)c1)c1ccccc1. The van der Waals surface area contributed by atoms with Gasteiger partial charge in [0.25, 0.3) is 0 Å². The van der Waals surface area contributed by atoms with Crippen molar-refractivity contribution in [2.24, 2.45) is 0 Å². The minimum Gasteiger partial charge on any atom is -0.324 e. The number of nitriles is 1. The molecule has 0 aliphatic rings. The van der Waals surface area contributed by atoms with Crippen molar-refractivity contribution in [2.45, 2.75) is 5.92 Å². The van der Waals surface area contributed by atoms with E-state index in [0.717, 1.165) is 0 Å². The molecule has 0 aliphatic heterocycles. The lowest BCUT2D eigenvalue weighted by molar-refractivity contribution is -0.116. The Labute approximate surface area is 118 Å². The Morgan fingerprint density at radius 1 is 1.10 bits per heavy atom. The predicted octanol–water partition coefficient (Wildman–Crippen LogP) is 3.35. The van der Waals surface area contributed by atoms with Crippen LogP contribution in [0.4, 0.5) is 18.9 Å². The molecule has 2 aromatic rings. The van der Waals surface area contributed by atoms with E-state index < -0.39 is 29.3 Å². The Hall–Kier alpha value is -2.81. The van der Waals surface area contributed by atoms with Gasteiger partial charge in [0.1, 0.15) is 0 Å². The maximum absolute atomic E-state index is 13.1. The van der Waals surface area contributed by atoms with Gasteiger partial charge in [-0.05, 0) is 5.56 Å². The summed E-state index contributed by atoms with van der Waals surface area (Å²) < 4.78 is 39.0. The van der Waals surface area contributed by atoms with Crippen LogP contribution in [0.3, 0.4) is 0 Å². The molecule has 0 saturated carbocycles. The van der Waals surface area contributed by atoms with Gasteiger partial charge >= 0.3 is 0 Å². The smallest absolute Gasteiger partial charge is 0.246 e. The van der Waals surface area contributed by atoms with Crippen LogP contribution in [0.2, 0.25) is 0 Å².